The van der Waals surface area contributed by atoms with Crippen molar-refractivity contribution in [3.8, 4) is 0 Å². The molecule has 1 N–H and O–H groups in total. The first kappa shape index (κ1) is 10.3. The van der Waals surface area contributed by atoms with Gasteiger partial charge in [-0.1, -0.05) is 0 Å². The Balaban J connectivity index is 2.92. The third-order valence-corrected chi connectivity index (χ3v) is 2.15. The number of carbonyl (C=O) groups is 1. The van der Waals surface area contributed by atoms with Crippen LogP contribution >= 0.6 is 28.3 Å². The Kier molecular flexibility index (Phi) is 3.56. The highest BCUT2D eigenvalue weighted by molar-refractivity contribution is 9.10. The van der Waals surface area contributed by atoms with Crippen molar-refractivity contribution in [3.05, 3.63) is 28.5 Å². The van der Waals surface area contributed by atoms with Crippen LogP contribution in [0.4, 0.5) is 3.89 Å². The molecule has 0 saturated carbocycles. The highest BCUT2D eigenvalue weighted by Crippen LogP contribution is 2.21. The van der Waals surface area contributed by atoms with Crippen LogP contribution in [0.1, 0.15) is 5.69 Å². The second kappa shape index (κ2) is 4.48. The number of hydrogen-bond donors (Lipinski definition) is 1. The number of carboxylic acid groups (broad SMARTS) is 1. The van der Waals surface area contributed by atoms with Gasteiger partial charge in [-0.25, -0.2) is 4.79 Å². The first-order valence-electron chi connectivity index (χ1n) is 3.21. The van der Waals surface area contributed by atoms with Gasteiger partial charge in [0.25, 0.3) is 0 Å². The summed E-state index contributed by atoms with van der Waals surface area (Å²) in [4.78, 5) is 10.2. The molecule has 1 aromatic rings. The van der Waals surface area contributed by atoms with E-state index >= 15 is 0 Å². The monoisotopic (exact) mass is 265 g/mol. The van der Waals surface area contributed by atoms with Crippen LogP contribution in [-0.2, 0) is 4.79 Å². The van der Waals surface area contributed by atoms with E-state index in [-0.39, 0.29) is 12.3 Å². The van der Waals surface area contributed by atoms with Gasteiger partial charge in [0.15, 0.2) is 12.3 Å². The van der Waals surface area contributed by atoms with E-state index in [0.29, 0.717) is 10.2 Å². The molecule has 3 nitrogen and oxygen atoms in total. The van der Waals surface area contributed by atoms with E-state index in [2.05, 4.69) is 15.9 Å². The first-order valence-corrected chi connectivity index (χ1v) is 4.68. The van der Waals surface area contributed by atoms with Gasteiger partial charge < -0.3 is 5.11 Å². The van der Waals surface area contributed by atoms with Crippen molar-refractivity contribution in [2.45, 2.75) is 0 Å². The summed E-state index contributed by atoms with van der Waals surface area (Å²) in [5.41, 5.74) is 0.474. The molecule has 0 aliphatic heterocycles. The van der Waals surface area contributed by atoms with Gasteiger partial charge in [-0.2, -0.15) is 0 Å². The third kappa shape index (κ3) is 2.89. The molecule has 0 fully saturated rings. The zero-order chi connectivity index (χ0) is 9.84. The van der Waals surface area contributed by atoms with Crippen molar-refractivity contribution in [3.63, 3.8) is 0 Å². The topological polar surface area (TPSA) is 42.2 Å². The fourth-order valence-electron chi connectivity index (χ4n) is 0.767. The summed E-state index contributed by atoms with van der Waals surface area (Å²) in [7, 11) is 0. The van der Waals surface area contributed by atoms with Crippen molar-refractivity contribution < 1.29 is 13.8 Å². The van der Waals surface area contributed by atoms with Crippen LogP contribution in [0.5, 0.6) is 0 Å². The van der Waals surface area contributed by atoms with Gasteiger partial charge in [-0.3, -0.25) is 3.97 Å². The van der Waals surface area contributed by atoms with E-state index in [1.54, 1.807) is 6.07 Å². The normalized spacial score (nSPS) is 10.9. The van der Waals surface area contributed by atoms with Gasteiger partial charge in [0, 0.05) is 16.7 Å². The van der Waals surface area contributed by atoms with Crippen molar-refractivity contribution >= 4 is 40.3 Å². The largest absolute Gasteiger partial charge is 0.478 e. The number of hydrogen-bond acceptors (Lipinski definition) is 2. The van der Waals surface area contributed by atoms with Gasteiger partial charge in [0.2, 0.25) is 0 Å². The Hall–Kier alpha value is -0.750. The SMILES string of the molecule is O=C(O)/C=C/c1cc(Br)cn1SF. The predicted octanol–water partition coefficient (Wildman–Crippen LogP) is 2.73. The molecular weight excluding hydrogens is 261 g/mol. The zero-order valence-electron chi connectivity index (χ0n) is 6.28. The molecule has 70 valence electrons. The standard InChI is InChI=1S/C7H5BrFNO2S/c8-5-3-6(1-2-7(11)12)10(4-5)13-9/h1-4H,(H,11,12)/b2-1+. The average Bonchev–Trinajstić information content (AvgIpc) is 2.42. The van der Waals surface area contributed by atoms with Crippen molar-refractivity contribution in [1.29, 1.82) is 0 Å². The number of carboxylic acids is 1. The van der Waals surface area contributed by atoms with E-state index in [0.717, 1.165) is 6.08 Å². The second-order valence-electron chi connectivity index (χ2n) is 2.15. The number of halogens is 2. The molecule has 1 aromatic heterocycles. The Labute approximate surface area is 86.8 Å². The number of rotatable bonds is 3. The highest BCUT2D eigenvalue weighted by atomic mass is 79.9. The summed E-state index contributed by atoms with van der Waals surface area (Å²) >= 11 is 3.16. The van der Waals surface area contributed by atoms with Gasteiger partial charge in [-0.15, -0.1) is 3.89 Å². The fourth-order valence-corrected chi connectivity index (χ4v) is 1.69. The van der Waals surface area contributed by atoms with Crippen LogP contribution in [0.2, 0.25) is 0 Å². The lowest BCUT2D eigenvalue weighted by Gasteiger charge is -1.94. The van der Waals surface area contributed by atoms with Crippen molar-refractivity contribution in [2.75, 3.05) is 0 Å². The van der Waals surface area contributed by atoms with Crippen molar-refractivity contribution in [2.24, 2.45) is 0 Å². The Morgan fingerprint density at radius 3 is 3.00 bits per heavy atom. The molecule has 1 rings (SSSR count). The van der Waals surface area contributed by atoms with Gasteiger partial charge in [-0.05, 0) is 28.1 Å². The van der Waals surface area contributed by atoms with Crippen molar-refractivity contribution in [1.82, 2.24) is 3.97 Å². The summed E-state index contributed by atoms with van der Waals surface area (Å²) < 4.78 is 14.1. The fraction of sp³-hybridized carbons (Fsp3) is 0. The minimum absolute atomic E-state index is 0.0104. The highest BCUT2D eigenvalue weighted by Gasteiger charge is 2.02. The third-order valence-electron chi connectivity index (χ3n) is 1.25. The number of aliphatic carboxylic acids is 1. The summed E-state index contributed by atoms with van der Waals surface area (Å²) in [6, 6.07) is 1.62. The number of nitrogens with zero attached hydrogens (tertiary/aromatic N) is 1. The molecule has 0 atom stereocenters. The smallest absolute Gasteiger partial charge is 0.328 e. The van der Waals surface area contributed by atoms with Crippen LogP contribution in [0.25, 0.3) is 6.08 Å². The molecule has 0 unspecified atom stereocenters. The van der Waals surface area contributed by atoms with Crippen LogP contribution in [0, 0.1) is 0 Å². The molecule has 13 heavy (non-hydrogen) atoms. The van der Waals surface area contributed by atoms with Crippen LogP contribution in [-0.4, -0.2) is 15.0 Å². The van der Waals surface area contributed by atoms with Crippen LogP contribution < -0.4 is 0 Å². The molecule has 0 aliphatic carbocycles. The molecule has 0 bridgehead atoms. The summed E-state index contributed by atoms with van der Waals surface area (Å²) in [5.74, 6) is -1.06. The molecule has 0 spiro atoms. The molecule has 1 heterocycles. The molecule has 0 saturated heterocycles. The Bertz CT molecular complexity index is 350. The van der Waals surface area contributed by atoms with E-state index in [9.17, 15) is 8.68 Å². The molecule has 6 heteroatoms. The van der Waals surface area contributed by atoms with E-state index in [4.69, 9.17) is 5.11 Å². The van der Waals surface area contributed by atoms with Crippen LogP contribution in [0.3, 0.4) is 0 Å². The zero-order valence-corrected chi connectivity index (χ0v) is 8.68. The minimum Gasteiger partial charge on any atom is -0.478 e. The van der Waals surface area contributed by atoms with Gasteiger partial charge >= 0.3 is 5.97 Å². The minimum atomic E-state index is -1.06. The molecule has 0 amide bonds. The summed E-state index contributed by atoms with van der Waals surface area (Å²) in [6.07, 6.45) is 3.78. The maximum absolute atomic E-state index is 12.2. The summed E-state index contributed by atoms with van der Waals surface area (Å²) in [6.45, 7) is 0. The lowest BCUT2D eigenvalue weighted by Crippen LogP contribution is -1.88. The molecular formula is C7H5BrFNO2S. The summed E-state index contributed by atoms with van der Waals surface area (Å²) in [5, 5.41) is 8.34. The number of aromatic nitrogens is 1. The molecule has 0 radical (unpaired) electrons. The Morgan fingerprint density at radius 2 is 2.46 bits per heavy atom. The average molecular weight is 266 g/mol. The van der Waals surface area contributed by atoms with Gasteiger partial charge in [0.05, 0.1) is 5.69 Å². The first-order chi connectivity index (χ1) is 6.13. The second-order valence-corrected chi connectivity index (χ2v) is 3.60. The quantitative estimate of drug-likeness (QED) is 0.855. The maximum Gasteiger partial charge on any atom is 0.328 e. The van der Waals surface area contributed by atoms with Crippen LogP contribution in [0.15, 0.2) is 22.8 Å². The maximum atomic E-state index is 12.2. The lowest BCUT2D eigenvalue weighted by atomic mass is 10.4. The van der Waals surface area contributed by atoms with E-state index in [1.807, 2.05) is 0 Å². The predicted molar refractivity (Wildman–Crippen MR) is 52.9 cm³/mol. The lowest BCUT2D eigenvalue weighted by molar-refractivity contribution is -0.131. The molecule has 0 aromatic carbocycles. The molecule has 0 aliphatic rings. The van der Waals surface area contributed by atoms with Gasteiger partial charge in [0.1, 0.15) is 0 Å². The van der Waals surface area contributed by atoms with E-state index in [1.165, 1.54) is 16.2 Å². The Morgan fingerprint density at radius 1 is 1.77 bits per heavy atom. The van der Waals surface area contributed by atoms with E-state index < -0.39 is 5.97 Å².